The van der Waals surface area contributed by atoms with Crippen molar-refractivity contribution in [1.82, 2.24) is 0 Å². The van der Waals surface area contributed by atoms with Gasteiger partial charge in [-0.1, -0.05) is 11.6 Å². The fourth-order valence-electron chi connectivity index (χ4n) is 1.60. The van der Waals surface area contributed by atoms with Crippen molar-refractivity contribution in [3.05, 3.63) is 64.2 Å². The Hall–Kier alpha value is -2.12. The predicted octanol–water partition coefficient (Wildman–Crippen LogP) is 4.10. The van der Waals surface area contributed by atoms with Gasteiger partial charge in [0.2, 0.25) is 0 Å². The first-order chi connectivity index (χ1) is 9.10. The summed E-state index contributed by atoms with van der Waals surface area (Å²) in [6.45, 7) is 0.116. The highest BCUT2D eigenvalue weighted by atomic mass is 35.5. The van der Waals surface area contributed by atoms with Crippen LogP contribution in [0.3, 0.4) is 0 Å². The van der Waals surface area contributed by atoms with Crippen LogP contribution in [0.25, 0.3) is 0 Å². The summed E-state index contributed by atoms with van der Waals surface area (Å²) in [6, 6.07) is 9.88. The Morgan fingerprint density at radius 1 is 1.16 bits per heavy atom. The van der Waals surface area contributed by atoms with E-state index in [0.29, 0.717) is 21.8 Å². The van der Waals surface area contributed by atoms with Crippen LogP contribution in [0.4, 0.5) is 14.5 Å². The first kappa shape index (κ1) is 13.3. The molecule has 0 fully saturated rings. The second-order valence-corrected chi connectivity index (χ2v) is 4.30. The number of hydrogen-bond acceptors (Lipinski definition) is 2. The van der Waals surface area contributed by atoms with Gasteiger partial charge in [-0.2, -0.15) is 5.26 Å². The van der Waals surface area contributed by atoms with Gasteiger partial charge in [-0.25, -0.2) is 8.78 Å². The van der Waals surface area contributed by atoms with Crippen LogP contribution >= 0.6 is 11.6 Å². The van der Waals surface area contributed by atoms with Gasteiger partial charge >= 0.3 is 0 Å². The summed E-state index contributed by atoms with van der Waals surface area (Å²) in [5, 5.41) is 11.9. The van der Waals surface area contributed by atoms with Crippen molar-refractivity contribution in [2.45, 2.75) is 6.54 Å². The Morgan fingerprint density at radius 3 is 2.68 bits per heavy atom. The third-order valence-corrected chi connectivity index (χ3v) is 2.90. The van der Waals surface area contributed by atoms with E-state index in [9.17, 15) is 8.78 Å². The molecular formula is C14H9ClF2N2. The van der Waals surface area contributed by atoms with E-state index < -0.39 is 11.6 Å². The molecule has 96 valence electrons. The zero-order valence-corrected chi connectivity index (χ0v) is 10.5. The molecule has 2 nitrogen and oxygen atoms in total. The summed E-state index contributed by atoms with van der Waals surface area (Å²) in [5.74, 6) is -0.864. The number of halogens is 3. The van der Waals surface area contributed by atoms with E-state index >= 15 is 0 Å². The van der Waals surface area contributed by atoms with Crippen LogP contribution in [-0.2, 0) is 6.54 Å². The SMILES string of the molecule is N#Cc1ccc(F)c(CNc2cc(F)ccc2Cl)c1. The lowest BCUT2D eigenvalue weighted by Gasteiger charge is -2.09. The molecule has 2 aromatic carbocycles. The number of nitriles is 1. The fourth-order valence-corrected chi connectivity index (χ4v) is 1.79. The maximum absolute atomic E-state index is 13.5. The van der Waals surface area contributed by atoms with E-state index in [2.05, 4.69) is 5.32 Å². The zero-order chi connectivity index (χ0) is 13.8. The highest BCUT2D eigenvalue weighted by Gasteiger charge is 2.06. The Bertz CT molecular complexity index is 650. The first-order valence-electron chi connectivity index (χ1n) is 5.47. The molecule has 1 N–H and O–H groups in total. The lowest BCUT2D eigenvalue weighted by Crippen LogP contribution is -2.03. The van der Waals surface area contributed by atoms with Crippen molar-refractivity contribution >= 4 is 17.3 Å². The smallest absolute Gasteiger partial charge is 0.128 e. The van der Waals surface area contributed by atoms with E-state index in [0.717, 1.165) is 0 Å². The third kappa shape index (κ3) is 3.21. The lowest BCUT2D eigenvalue weighted by molar-refractivity contribution is 0.612. The number of rotatable bonds is 3. The van der Waals surface area contributed by atoms with Crippen LogP contribution in [0.1, 0.15) is 11.1 Å². The monoisotopic (exact) mass is 278 g/mol. The average molecular weight is 279 g/mol. The normalized spacial score (nSPS) is 10.0. The molecule has 0 aliphatic heterocycles. The van der Waals surface area contributed by atoms with E-state index in [1.807, 2.05) is 6.07 Å². The van der Waals surface area contributed by atoms with Crippen LogP contribution in [-0.4, -0.2) is 0 Å². The Balaban J connectivity index is 2.19. The first-order valence-corrected chi connectivity index (χ1v) is 5.85. The van der Waals surface area contributed by atoms with Crippen molar-refractivity contribution in [3.63, 3.8) is 0 Å². The van der Waals surface area contributed by atoms with Crippen LogP contribution < -0.4 is 5.32 Å². The van der Waals surface area contributed by atoms with Gasteiger partial charge in [0.15, 0.2) is 0 Å². The van der Waals surface area contributed by atoms with Crippen LogP contribution in [0, 0.1) is 23.0 Å². The molecule has 0 unspecified atom stereocenters. The van der Waals surface area contributed by atoms with Crippen molar-refractivity contribution in [2.24, 2.45) is 0 Å². The van der Waals surface area contributed by atoms with Crippen LogP contribution in [0.5, 0.6) is 0 Å². The second kappa shape index (κ2) is 5.68. The summed E-state index contributed by atoms with van der Waals surface area (Å²) >= 11 is 5.89. The molecule has 0 saturated heterocycles. The number of hydrogen-bond donors (Lipinski definition) is 1. The highest BCUT2D eigenvalue weighted by molar-refractivity contribution is 6.33. The molecule has 0 saturated carbocycles. The van der Waals surface area contributed by atoms with Gasteiger partial charge in [0, 0.05) is 12.1 Å². The maximum Gasteiger partial charge on any atom is 0.128 e. The molecule has 0 aliphatic rings. The predicted molar refractivity (Wildman–Crippen MR) is 69.9 cm³/mol. The molecule has 0 atom stereocenters. The fraction of sp³-hybridized carbons (Fsp3) is 0.0714. The van der Waals surface area contributed by atoms with Gasteiger partial charge in [0.25, 0.3) is 0 Å². The van der Waals surface area contributed by atoms with E-state index in [1.54, 1.807) is 0 Å². The van der Waals surface area contributed by atoms with E-state index in [1.165, 1.54) is 36.4 Å². The molecule has 0 spiro atoms. The molecule has 0 bridgehead atoms. The Kier molecular flexibility index (Phi) is 3.98. The molecule has 0 aromatic heterocycles. The summed E-state index contributed by atoms with van der Waals surface area (Å²) in [7, 11) is 0. The van der Waals surface area contributed by atoms with Crippen molar-refractivity contribution in [1.29, 1.82) is 5.26 Å². The van der Waals surface area contributed by atoms with E-state index in [4.69, 9.17) is 16.9 Å². The van der Waals surface area contributed by atoms with Crippen molar-refractivity contribution < 1.29 is 8.78 Å². The molecular weight excluding hydrogens is 270 g/mol. The number of nitrogens with zero attached hydrogens (tertiary/aromatic N) is 1. The standard InChI is InChI=1S/C14H9ClF2N2/c15-12-3-2-11(16)6-14(12)19-8-10-5-9(7-18)1-4-13(10)17/h1-6,19H,8H2. The van der Waals surface area contributed by atoms with Gasteiger partial charge in [0.05, 0.1) is 22.3 Å². The molecule has 19 heavy (non-hydrogen) atoms. The third-order valence-electron chi connectivity index (χ3n) is 2.57. The molecule has 2 aromatic rings. The minimum Gasteiger partial charge on any atom is -0.380 e. The van der Waals surface area contributed by atoms with Gasteiger partial charge in [-0.15, -0.1) is 0 Å². The van der Waals surface area contributed by atoms with Gasteiger partial charge < -0.3 is 5.32 Å². The number of anilines is 1. The largest absolute Gasteiger partial charge is 0.380 e. The van der Waals surface area contributed by atoms with Crippen LogP contribution in [0.15, 0.2) is 36.4 Å². The summed E-state index contributed by atoms with van der Waals surface area (Å²) in [4.78, 5) is 0. The van der Waals surface area contributed by atoms with Gasteiger partial charge in [0.1, 0.15) is 11.6 Å². The summed E-state index contributed by atoms with van der Waals surface area (Å²) < 4.78 is 26.6. The molecule has 0 amide bonds. The Morgan fingerprint density at radius 2 is 1.95 bits per heavy atom. The molecule has 0 heterocycles. The summed E-state index contributed by atoms with van der Waals surface area (Å²) in [6.07, 6.45) is 0. The maximum atomic E-state index is 13.5. The number of nitrogens with one attached hydrogen (secondary N) is 1. The van der Waals surface area contributed by atoms with Crippen LogP contribution in [0.2, 0.25) is 5.02 Å². The minimum atomic E-state index is -0.432. The topological polar surface area (TPSA) is 35.8 Å². The summed E-state index contributed by atoms with van der Waals surface area (Å²) in [5.41, 5.74) is 1.06. The van der Waals surface area contributed by atoms with E-state index in [-0.39, 0.29) is 6.54 Å². The van der Waals surface area contributed by atoms with Crippen molar-refractivity contribution in [3.8, 4) is 6.07 Å². The highest BCUT2D eigenvalue weighted by Crippen LogP contribution is 2.23. The second-order valence-electron chi connectivity index (χ2n) is 3.90. The van der Waals surface area contributed by atoms with Gasteiger partial charge in [-0.05, 0) is 36.4 Å². The Labute approximate surface area is 114 Å². The zero-order valence-electron chi connectivity index (χ0n) is 9.75. The molecule has 2 rings (SSSR count). The molecule has 5 heteroatoms. The average Bonchev–Trinajstić information content (AvgIpc) is 2.41. The minimum absolute atomic E-state index is 0.116. The quantitative estimate of drug-likeness (QED) is 0.917. The van der Waals surface area contributed by atoms with Gasteiger partial charge in [-0.3, -0.25) is 0 Å². The van der Waals surface area contributed by atoms with Crippen molar-refractivity contribution in [2.75, 3.05) is 5.32 Å². The molecule has 0 radical (unpaired) electrons. The number of benzene rings is 2. The molecule has 0 aliphatic carbocycles. The lowest BCUT2D eigenvalue weighted by atomic mass is 10.1.